The Morgan fingerprint density at radius 1 is 0.966 bits per heavy atom. The maximum atomic E-state index is 13.0. The van der Waals surface area contributed by atoms with Crippen molar-refractivity contribution in [1.29, 1.82) is 0 Å². The minimum absolute atomic E-state index is 0.321. The van der Waals surface area contributed by atoms with E-state index in [4.69, 9.17) is 4.74 Å². The van der Waals surface area contributed by atoms with Gasteiger partial charge in [-0.1, -0.05) is 24.3 Å². The number of para-hydroxylation sites is 1. The van der Waals surface area contributed by atoms with Gasteiger partial charge in [0, 0.05) is 17.3 Å². The van der Waals surface area contributed by atoms with Crippen LogP contribution < -0.4 is 15.4 Å². The van der Waals surface area contributed by atoms with Gasteiger partial charge < -0.3 is 15.4 Å². The van der Waals surface area contributed by atoms with E-state index in [2.05, 4.69) is 20.8 Å². The van der Waals surface area contributed by atoms with Gasteiger partial charge in [-0.15, -0.1) is 10.2 Å². The number of carbonyl (C=O) groups is 1. The maximum Gasteiger partial charge on any atom is 0.418 e. The average Bonchev–Trinajstić information content (AvgIpc) is 2.69. The molecular formula is C20H17F3N4O2. The predicted molar refractivity (Wildman–Crippen MR) is 103 cm³/mol. The van der Waals surface area contributed by atoms with Crippen molar-refractivity contribution in [3.05, 3.63) is 66.2 Å². The van der Waals surface area contributed by atoms with Crippen LogP contribution in [0.1, 0.15) is 12.5 Å². The Balaban J connectivity index is 1.66. The molecule has 2 aromatic carbocycles. The van der Waals surface area contributed by atoms with Gasteiger partial charge in [-0.05, 0) is 37.3 Å². The number of hydrogen-bond acceptors (Lipinski definition) is 4. The molecule has 0 saturated heterocycles. The Bertz CT molecular complexity index is 974. The number of hydrogen-bond donors (Lipinski definition) is 2. The first-order chi connectivity index (χ1) is 13.9. The molecule has 0 aliphatic rings. The summed E-state index contributed by atoms with van der Waals surface area (Å²) in [5.74, 6) is 0.422. The monoisotopic (exact) mass is 402 g/mol. The summed E-state index contributed by atoms with van der Waals surface area (Å²) < 4.78 is 44.3. The molecule has 0 spiro atoms. The van der Waals surface area contributed by atoms with Crippen molar-refractivity contribution < 1.29 is 22.7 Å². The van der Waals surface area contributed by atoms with E-state index in [1.165, 1.54) is 18.2 Å². The number of amides is 2. The van der Waals surface area contributed by atoms with E-state index in [0.717, 1.165) is 11.6 Å². The third kappa shape index (κ3) is 5.22. The quantitative estimate of drug-likeness (QED) is 0.615. The van der Waals surface area contributed by atoms with Gasteiger partial charge in [0.15, 0.2) is 0 Å². The summed E-state index contributed by atoms with van der Waals surface area (Å²) in [6.07, 6.45) is -4.57. The highest BCUT2D eigenvalue weighted by atomic mass is 19.4. The molecule has 2 amide bonds. The van der Waals surface area contributed by atoms with E-state index in [1.807, 2.05) is 6.92 Å². The Morgan fingerprint density at radius 3 is 2.31 bits per heavy atom. The highest BCUT2D eigenvalue weighted by Crippen LogP contribution is 2.34. The topological polar surface area (TPSA) is 76.1 Å². The van der Waals surface area contributed by atoms with Crippen molar-refractivity contribution in [1.82, 2.24) is 10.2 Å². The number of anilines is 2. The minimum Gasteiger partial charge on any atom is -0.477 e. The number of nitrogens with one attached hydrogen (secondary N) is 2. The zero-order valence-corrected chi connectivity index (χ0v) is 15.3. The molecule has 29 heavy (non-hydrogen) atoms. The predicted octanol–water partition coefficient (Wildman–Crippen LogP) is 5.21. The Hall–Kier alpha value is -3.62. The van der Waals surface area contributed by atoms with Gasteiger partial charge in [-0.3, -0.25) is 0 Å². The third-order valence-corrected chi connectivity index (χ3v) is 3.85. The molecule has 0 aliphatic heterocycles. The minimum atomic E-state index is -4.57. The molecule has 0 radical (unpaired) electrons. The molecule has 0 saturated carbocycles. The summed E-state index contributed by atoms with van der Waals surface area (Å²) in [7, 11) is 0. The van der Waals surface area contributed by atoms with Gasteiger partial charge in [0.05, 0.1) is 23.6 Å². The van der Waals surface area contributed by atoms with Gasteiger partial charge >= 0.3 is 12.2 Å². The van der Waals surface area contributed by atoms with Crippen LogP contribution in [0.4, 0.5) is 29.3 Å². The van der Waals surface area contributed by atoms with E-state index >= 15 is 0 Å². The fraction of sp³-hybridized carbons (Fsp3) is 0.150. The molecule has 3 aromatic rings. The van der Waals surface area contributed by atoms with Crippen molar-refractivity contribution in [2.24, 2.45) is 0 Å². The second-order valence-corrected chi connectivity index (χ2v) is 5.89. The van der Waals surface area contributed by atoms with Crippen LogP contribution in [0.2, 0.25) is 0 Å². The zero-order valence-electron chi connectivity index (χ0n) is 15.3. The van der Waals surface area contributed by atoms with Crippen LogP contribution >= 0.6 is 0 Å². The van der Waals surface area contributed by atoms with Gasteiger partial charge in [-0.25, -0.2) is 4.79 Å². The second-order valence-electron chi connectivity index (χ2n) is 5.89. The molecular weight excluding hydrogens is 385 g/mol. The van der Waals surface area contributed by atoms with Gasteiger partial charge in [-0.2, -0.15) is 13.2 Å². The molecule has 0 fully saturated rings. The average molecular weight is 402 g/mol. The molecule has 2 N–H and O–H groups in total. The first-order valence-electron chi connectivity index (χ1n) is 8.68. The van der Waals surface area contributed by atoms with Crippen molar-refractivity contribution in [3.8, 4) is 17.1 Å². The molecule has 0 atom stereocenters. The first-order valence-corrected chi connectivity index (χ1v) is 8.68. The molecule has 0 unspecified atom stereocenters. The lowest BCUT2D eigenvalue weighted by molar-refractivity contribution is -0.136. The lowest BCUT2D eigenvalue weighted by Crippen LogP contribution is -2.21. The van der Waals surface area contributed by atoms with Crippen LogP contribution in [0.5, 0.6) is 5.88 Å². The van der Waals surface area contributed by atoms with Gasteiger partial charge in [0.25, 0.3) is 0 Å². The summed E-state index contributed by atoms with van der Waals surface area (Å²) in [5.41, 5.74) is 0.547. The van der Waals surface area contributed by atoms with Gasteiger partial charge in [0.2, 0.25) is 5.88 Å². The summed E-state index contributed by atoms with van der Waals surface area (Å²) in [6.45, 7) is 2.34. The van der Waals surface area contributed by atoms with Crippen LogP contribution in [-0.4, -0.2) is 22.8 Å². The summed E-state index contributed by atoms with van der Waals surface area (Å²) in [4.78, 5) is 12.1. The second kappa shape index (κ2) is 8.59. The van der Waals surface area contributed by atoms with Crippen LogP contribution in [0.15, 0.2) is 60.7 Å². The number of ether oxygens (including phenoxy) is 1. The number of halogens is 3. The number of alkyl halides is 3. The molecule has 0 bridgehead atoms. The molecule has 6 nitrogen and oxygen atoms in total. The van der Waals surface area contributed by atoms with Crippen LogP contribution in [0.25, 0.3) is 11.3 Å². The number of urea groups is 1. The van der Waals surface area contributed by atoms with Gasteiger partial charge in [0.1, 0.15) is 0 Å². The maximum absolute atomic E-state index is 13.0. The van der Waals surface area contributed by atoms with E-state index in [-0.39, 0.29) is 5.69 Å². The van der Waals surface area contributed by atoms with Crippen molar-refractivity contribution in [2.75, 3.05) is 17.2 Å². The third-order valence-electron chi connectivity index (χ3n) is 3.85. The van der Waals surface area contributed by atoms with Crippen LogP contribution in [-0.2, 0) is 6.18 Å². The standard InChI is InChI=1S/C20H17F3N4O2/c1-2-29-18-12-11-16(26-27-18)13-7-9-14(10-8-13)24-19(28)25-17-6-4-3-5-15(17)20(21,22)23/h3-12H,2H2,1H3,(H2,24,25,28). The SMILES string of the molecule is CCOc1ccc(-c2ccc(NC(=O)Nc3ccccc3C(F)(F)F)cc2)nn1. The number of carbonyl (C=O) groups excluding carboxylic acids is 1. The van der Waals surface area contributed by atoms with E-state index in [0.29, 0.717) is 23.9 Å². The van der Waals surface area contributed by atoms with Crippen molar-refractivity contribution in [3.63, 3.8) is 0 Å². The fourth-order valence-electron chi connectivity index (χ4n) is 2.55. The summed E-state index contributed by atoms with van der Waals surface area (Å²) >= 11 is 0. The molecule has 3 rings (SSSR count). The molecule has 0 aliphatic carbocycles. The van der Waals surface area contributed by atoms with Crippen molar-refractivity contribution in [2.45, 2.75) is 13.1 Å². The van der Waals surface area contributed by atoms with E-state index in [1.54, 1.807) is 36.4 Å². The number of benzene rings is 2. The largest absolute Gasteiger partial charge is 0.477 e. The molecule has 1 aromatic heterocycles. The smallest absolute Gasteiger partial charge is 0.418 e. The number of rotatable bonds is 5. The highest BCUT2D eigenvalue weighted by molar-refractivity contribution is 6.00. The summed E-state index contributed by atoms with van der Waals surface area (Å²) in [5, 5.41) is 12.7. The summed E-state index contributed by atoms with van der Waals surface area (Å²) in [6, 6.07) is 14.1. The van der Waals surface area contributed by atoms with Crippen molar-refractivity contribution >= 4 is 17.4 Å². The van der Waals surface area contributed by atoms with Crippen LogP contribution in [0.3, 0.4) is 0 Å². The number of aromatic nitrogens is 2. The highest BCUT2D eigenvalue weighted by Gasteiger charge is 2.33. The Kier molecular flexibility index (Phi) is 5.96. The normalized spacial score (nSPS) is 11.0. The molecule has 150 valence electrons. The first kappa shape index (κ1) is 20.1. The fourth-order valence-corrected chi connectivity index (χ4v) is 2.55. The zero-order chi connectivity index (χ0) is 20.9. The molecule has 1 heterocycles. The lowest BCUT2D eigenvalue weighted by Gasteiger charge is -2.14. The van der Waals surface area contributed by atoms with E-state index in [9.17, 15) is 18.0 Å². The molecule has 9 heteroatoms. The number of nitrogens with zero attached hydrogens (tertiary/aromatic N) is 2. The van der Waals surface area contributed by atoms with E-state index < -0.39 is 17.8 Å². The Morgan fingerprint density at radius 2 is 1.69 bits per heavy atom. The lowest BCUT2D eigenvalue weighted by atomic mass is 10.1. The van der Waals surface area contributed by atoms with Crippen LogP contribution in [0, 0.1) is 0 Å². The Labute approximate surface area is 164 Å².